The molecule has 1 aromatic carbocycles. The summed E-state index contributed by atoms with van der Waals surface area (Å²) in [7, 11) is -1.53. The highest BCUT2D eigenvalue weighted by Crippen LogP contribution is 2.26. The number of nitrogens with zero attached hydrogens (tertiary/aromatic N) is 1. The van der Waals surface area contributed by atoms with E-state index >= 15 is 0 Å². The molecule has 1 aliphatic heterocycles. The van der Waals surface area contributed by atoms with Crippen LogP contribution in [-0.2, 0) is 14.6 Å². The summed E-state index contributed by atoms with van der Waals surface area (Å²) in [6.45, 7) is 3.35. The Morgan fingerprint density at radius 1 is 1.19 bits per heavy atom. The molecule has 5 nitrogen and oxygen atoms in total. The van der Waals surface area contributed by atoms with Crippen LogP contribution in [0.1, 0.15) is 30.1 Å². The van der Waals surface area contributed by atoms with Crippen molar-refractivity contribution in [2.75, 3.05) is 26.5 Å². The van der Waals surface area contributed by atoms with Gasteiger partial charge in [-0.3, -0.25) is 4.79 Å². The van der Waals surface area contributed by atoms with E-state index in [9.17, 15) is 13.2 Å². The Kier molecular flexibility index (Phi) is 4.39. The molecule has 0 N–H and O–H groups in total. The minimum atomic E-state index is -3.23. The van der Waals surface area contributed by atoms with Gasteiger partial charge in [0.25, 0.3) is 5.91 Å². The van der Waals surface area contributed by atoms with Crippen molar-refractivity contribution in [1.29, 1.82) is 0 Å². The molecule has 2 rings (SSSR count). The Hall–Kier alpha value is -1.40. The number of rotatable bonds is 3. The Labute approximate surface area is 125 Å². The van der Waals surface area contributed by atoms with Crippen molar-refractivity contribution in [3.63, 3.8) is 0 Å². The molecule has 0 saturated carbocycles. The summed E-state index contributed by atoms with van der Waals surface area (Å²) in [6.07, 6.45) is 2.76. The molecular formula is C15H21NO4S. The minimum Gasteiger partial charge on any atom is -0.378 e. The average Bonchev–Trinajstić information content (AvgIpc) is 2.47. The molecule has 0 atom stereocenters. The second kappa shape index (κ2) is 5.77. The molecule has 6 heteroatoms. The van der Waals surface area contributed by atoms with Crippen molar-refractivity contribution in [2.24, 2.45) is 0 Å². The Balaban J connectivity index is 2.08. The molecule has 1 aliphatic rings. The number of benzene rings is 1. The summed E-state index contributed by atoms with van der Waals surface area (Å²) in [6, 6.07) is 6.10. The number of likely N-dealkylation sites (tertiary alicyclic amines) is 1. The second-order valence-corrected chi connectivity index (χ2v) is 7.76. The molecule has 0 aromatic heterocycles. The van der Waals surface area contributed by atoms with E-state index in [1.807, 2.05) is 0 Å². The van der Waals surface area contributed by atoms with Gasteiger partial charge in [0, 0.05) is 32.0 Å². The fraction of sp³-hybridized carbons (Fsp3) is 0.533. The lowest BCUT2D eigenvalue weighted by atomic mass is 9.93. The van der Waals surface area contributed by atoms with Crippen LogP contribution in [0.3, 0.4) is 0 Å². The van der Waals surface area contributed by atoms with E-state index in [1.165, 1.54) is 12.1 Å². The molecule has 0 unspecified atom stereocenters. The zero-order valence-electron chi connectivity index (χ0n) is 12.6. The van der Waals surface area contributed by atoms with Crippen LogP contribution in [-0.4, -0.2) is 51.3 Å². The zero-order chi connectivity index (χ0) is 15.7. The van der Waals surface area contributed by atoms with Gasteiger partial charge in [-0.2, -0.15) is 0 Å². The smallest absolute Gasteiger partial charge is 0.253 e. The van der Waals surface area contributed by atoms with Gasteiger partial charge in [0.2, 0.25) is 0 Å². The number of piperidine rings is 1. The van der Waals surface area contributed by atoms with Gasteiger partial charge < -0.3 is 9.64 Å². The van der Waals surface area contributed by atoms with Gasteiger partial charge >= 0.3 is 0 Å². The Morgan fingerprint density at radius 2 is 1.71 bits per heavy atom. The van der Waals surface area contributed by atoms with Gasteiger partial charge in [-0.05, 0) is 44.0 Å². The van der Waals surface area contributed by atoms with Crippen LogP contribution in [0.2, 0.25) is 0 Å². The lowest BCUT2D eigenvalue weighted by molar-refractivity contribution is -0.0379. The van der Waals surface area contributed by atoms with Crippen molar-refractivity contribution < 1.29 is 17.9 Å². The van der Waals surface area contributed by atoms with Crippen LogP contribution in [0.4, 0.5) is 0 Å². The van der Waals surface area contributed by atoms with Gasteiger partial charge in [-0.15, -0.1) is 0 Å². The number of amides is 1. The molecule has 1 aromatic rings. The van der Waals surface area contributed by atoms with Gasteiger partial charge in [-0.1, -0.05) is 0 Å². The standard InChI is InChI=1S/C15H21NO4S/c1-15(20-2)8-10-16(11-9-15)14(17)12-4-6-13(7-5-12)21(3,18)19/h4-7H,8-11H2,1-3H3. The van der Waals surface area contributed by atoms with E-state index in [2.05, 4.69) is 6.92 Å². The lowest BCUT2D eigenvalue weighted by Crippen LogP contribution is -2.46. The van der Waals surface area contributed by atoms with Crippen LogP contribution < -0.4 is 0 Å². The first kappa shape index (κ1) is 16.0. The third-order valence-corrected chi connectivity index (χ3v) is 5.26. The van der Waals surface area contributed by atoms with E-state index in [0.29, 0.717) is 18.7 Å². The maximum atomic E-state index is 12.4. The first-order chi connectivity index (χ1) is 9.75. The molecule has 0 aliphatic carbocycles. The monoisotopic (exact) mass is 311 g/mol. The number of hydrogen-bond donors (Lipinski definition) is 0. The topological polar surface area (TPSA) is 63.7 Å². The summed E-state index contributed by atoms with van der Waals surface area (Å²) in [5, 5.41) is 0. The molecule has 21 heavy (non-hydrogen) atoms. The molecule has 1 saturated heterocycles. The van der Waals surface area contributed by atoms with E-state index in [-0.39, 0.29) is 16.4 Å². The number of carbonyl (C=O) groups is 1. The maximum Gasteiger partial charge on any atom is 0.253 e. The molecule has 0 bridgehead atoms. The highest BCUT2D eigenvalue weighted by atomic mass is 32.2. The molecule has 0 radical (unpaired) electrons. The van der Waals surface area contributed by atoms with E-state index in [4.69, 9.17) is 4.74 Å². The molecular weight excluding hydrogens is 290 g/mol. The molecule has 1 heterocycles. The fourth-order valence-electron chi connectivity index (χ4n) is 2.41. The second-order valence-electron chi connectivity index (χ2n) is 5.74. The number of ether oxygens (including phenoxy) is 1. The Morgan fingerprint density at radius 3 is 2.14 bits per heavy atom. The van der Waals surface area contributed by atoms with Crippen molar-refractivity contribution in [1.82, 2.24) is 4.90 Å². The Bertz CT molecular complexity index is 614. The first-order valence-corrected chi connectivity index (χ1v) is 8.79. The summed E-state index contributed by atoms with van der Waals surface area (Å²) >= 11 is 0. The summed E-state index contributed by atoms with van der Waals surface area (Å²) < 4.78 is 28.3. The number of hydrogen-bond acceptors (Lipinski definition) is 4. The molecule has 0 spiro atoms. The third kappa shape index (κ3) is 3.63. The molecule has 1 fully saturated rings. The molecule has 1 amide bonds. The van der Waals surface area contributed by atoms with Gasteiger partial charge in [0.15, 0.2) is 9.84 Å². The van der Waals surface area contributed by atoms with Crippen molar-refractivity contribution in [3.8, 4) is 0 Å². The SMILES string of the molecule is COC1(C)CCN(C(=O)c2ccc(S(C)(=O)=O)cc2)CC1. The third-order valence-electron chi connectivity index (χ3n) is 4.13. The van der Waals surface area contributed by atoms with Crippen LogP contribution in [0.15, 0.2) is 29.2 Å². The summed E-state index contributed by atoms with van der Waals surface area (Å²) in [4.78, 5) is 14.4. The minimum absolute atomic E-state index is 0.0618. The lowest BCUT2D eigenvalue weighted by Gasteiger charge is -2.38. The number of sulfone groups is 1. The highest BCUT2D eigenvalue weighted by molar-refractivity contribution is 7.90. The predicted octanol–water partition coefficient (Wildman–Crippen LogP) is 1.73. The zero-order valence-corrected chi connectivity index (χ0v) is 13.4. The van der Waals surface area contributed by atoms with Gasteiger partial charge in [0.1, 0.15) is 0 Å². The van der Waals surface area contributed by atoms with Crippen LogP contribution in [0.25, 0.3) is 0 Å². The van der Waals surface area contributed by atoms with Gasteiger partial charge in [-0.25, -0.2) is 8.42 Å². The van der Waals surface area contributed by atoms with Gasteiger partial charge in [0.05, 0.1) is 10.5 Å². The quantitative estimate of drug-likeness (QED) is 0.853. The van der Waals surface area contributed by atoms with Crippen molar-refractivity contribution in [2.45, 2.75) is 30.3 Å². The predicted molar refractivity (Wildman–Crippen MR) is 80.1 cm³/mol. The highest BCUT2D eigenvalue weighted by Gasteiger charge is 2.31. The number of methoxy groups -OCH3 is 1. The van der Waals surface area contributed by atoms with Crippen LogP contribution >= 0.6 is 0 Å². The number of carbonyl (C=O) groups excluding carboxylic acids is 1. The summed E-state index contributed by atoms with van der Waals surface area (Å²) in [5.74, 6) is -0.0618. The first-order valence-electron chi connectivity index (χ1n) is 6.90. The van der Waals surface area contributed by atoms with Crippen LogP contribution in [0, 0.1) is 0 Å². The van der Waals surface area contributed by atoms with E-state index in [1.54, 1.807) is 24.1 Å². The van der Waals surface area contributed by atoms with Crippen molar-refractivity contribution >= 4 is 15.7 Å². The van der Waals surface area contributed by atoms with E-state index < -0.39 is 9.84 Å². The molecule has 116 valence electrons. The maximum absolute atomic E-state index is 12.4. The average molecular weight is 311 g/mol. The van der Waals surface area contributed by atoms with Crippen molar-refractivity contribution in [3.05, 3.63) is 29.8 Å². The van der Waals surface area contributed by atoms with Crippen LogP contribution in [0.5, 0.6) is 0 Å². The summed E-state index contributed by atoms with van der Waals surface area (Å²) in [5.41, 5.74) is 0.361. The largest absolute Gasteiger partial charge is 0.378 e. The normalized spacial score (nSPS) is 18.5. The fourth-order valence-corrected chi connectivity index (χ4v) is 3.04. The van der Waals surface area contributed by atoms with E-state index in [0.717, 1.165) is 19.1 Å².